The van der Waals surface area contributed by atoms with Crippen LogP contribution < -0.4 is 10.6 Å². The number of likely N-dealkylation sites (tertiary alicyclic amines) is 1. The van der Waals surface area contributed by atoms with E-state index in [1.54, 1.807) is 0 Å². The lowest BCUT2D eigenvalue weighted by Crippen LogP contribution is -2.52. The molecule has 2 N–H and O–H groups in total. The maximum absolute atomic E-state index is 12.4. The van der Waals surface area contributed by atoms with Crippen LogP contribution in [0.3, 0.4) is 0 Å². The molecule has 1 unspecified atom stereocenters. The molecule has 2 aliphatic heterocycles. The molecule has 22 heavy (non-hydrogen) atoms. The second kappa shape index (κ2) is 7.07. The molecule has 6 nitrogen and oxygen atoms in total. The summed E-state index contributed by atoms with van der Waals surface area (Å²) in [6, 6.07) is 6.13. The number of amides is 1. The summed E-state index contributed by atoms with van der Waals surface area (Å²) in [5.41, 5.74) is 5.96. The first-order valence-corrected chi connectivity index (χ1v) is 8.14. The highest BCUT2D eigenvalue weighted by molar-refractivity contribution is 5.78. The van der Waals surface area contributed by atoms with Crippen LogP contribution in [-0.4, -0.2) is 72.5 Å². The molecule has 120 valence electrons. The highest BCUT2D eigenvalue weighted by atomic mass is 16.2. The Bertz CT molecular complexity index is 487. The van der Waals surface area contributed by atoms with Gasteiger partial charge < -0.3 is 15.5 Å². The fraction of sp³-hybridized carbons (Fsp3) is 0.625. The number of piperazine rings is 1. The second-order valence-electron chi connectivity index (χ2n) is 6.19. The second-order valence-corrected chi connectivity index (χ2v) is 6.19. The number of hydrogen-bond acceptors (Lipinski definition) is 5. The smallest absolute Gasteiger partial charge is 0.236 e. The first kappa shape index (κ1) is 15.2. The Morgan fingerprint density at radius 3 is 2.73 bits per heavy atom. The van der Waals surface area contributed by atoms with Crippen LogP contribution in [0.2, 0.25) is 0 Å². The van der Waals surface area contributed by atoms with Gasteiger partial charge >= 0.3 is 0 Å². The van der Waals surface area contributed by atoms with E-state index in [2.05, 4.69) is 14.8 Å². The van der Waals surface area contributed by atoms with Crippen LogP contribution in [-0.2, 0) is 4.79 Å². The minimum absolute atomic E-state index is 0.152. The van der Waals surface area contributed by atoms with E-state index in [1.165, 1.54) is 0 Å². The molecule has 0 aromatic carbocycles. The first-order valence-electron chi connectivity index (χ1n) is 8.14. The quantitative estimate of drug-likeness (QED) is 0.861. The molecular formula is C16H25N5O. The van der Waals surface area contributed by atoms with Crippen molar-refractivity contribution in [3.05, 3.63) is 24.4 Å². The summed E-state index contributed by atoms with van der Waals surface area (Å²) in [5.74, 6) is 1.25. The number of nitrogens with two attached hydrogens (primary N) is 1. The molecular weight excluding hydrogens is 278 g/mol. The van der Waals surface area contributed by atoms with Gasteiger partial charge in [0.2, 0.25) is 5.91 Å². The Morgan fingerprint density at radius 2 is 2.05 bits per heavy atom. The zero-order chi connectivity index (χ0) is 15.4. The third-order valence-electron chi connectivity index (χ3n) is 4.51. The number of carbonyl (C=O) groups excluding carboxylic acids is 1. The third-order valence-corrected chi connectivity index (χ3v) is 4.51. The predicted molar refractivity (Wildman–Crippen MR) is 86.7 cm³/mol. The van der Waals surface area contributed by atoms with Crippen molar-refractivity contribution in [3.8, 4) is 0 Å². The van der Waals surface area contributed by atoms with Crippen molar-refractivity contribution in [1.29, 1.82) is 0 Å². The van der Waals surface area contributed by atoms with Gasteiger partial charge in [-0.1, -0.05) is 6.07 Å². The van der Waals surface area contributed by atoms with Crippen LogP contribution in [0.5, 0.6) is 0 Å². The van der Waals surface area contributed by atoms with Gasteiger partial charge in [-0.05, 0) is 25.0 Å². The molecule has 0 saturated carbocycles. The fourth-order valence-corrected chi connectivity index (χ4v) is 3.20. The standard InChI is InChI=1S/C16H25N5O/c17-14-4-3-7-21(12-14)16(22)13-19-8-10-20(11-9-19)15-5-1-2-6-18-15/h1-2,5-6,14H,3-4,7-13,17H2. The van der Waals surface area contributed by atoms with E-state index >= 15 is 0 Å². The fourth-order valence-electron chi connectivity index (χ4n) is 3.20. The van der Waals surface area contributed by atoms with Crippen LogP contribution in [0, 0.1) is 0 Å². The molecule has 0 spiro atoms. The average Bonchev–Trinajstić information content (AvgIpc) is 2.56. The lowest BCUT2D eigenvalue weighted by atomic mass is 10.1. The van der Waals surface area contributed by atoms with Crippen LogP contribution in [0.4, 0.5) is 5.82 Å². The largest absolute Gasteiger partial charge is 0.354 e. The molecule has 2 saturated heterocycles. The SMILES string of the molecule is NC1CCCN(C(=O)CN2CCN(c3ccccn3)CC2)C1. The molecule has 2 fully saturated rings. The number of hydrogen-bond donors (Lipinski definition) is 1. The van der Waals surface area contributed by atoms with E-state index in [1.807, 2.05) is 29.3 Å². The molecule has 1 aromatic heterocycles. The topological polar surface area (TPSA) is 65.7 Å². The number of nitrogens with zero attached hydrogens (tertiary/aromatic N) is 4. The Hall–Kier alpha value is -1.66. The summed E-state index contributed by atoms with van der Waals surface area (Å²) < 4.78 is 0. The highest BCUT2D eigenvalue weighted by Gasteiger charge is 2.25. The van der Waals surface area contributed by atoms with Crippen molar-refractivity contribution in [1.82, 2.24) is 14.8 Å². The Labute approximate surface area is 131 Å². The van der Waals surface area contributed by atoms with Gasteiger partial charge in [0.05, 0.1) is 6.54 Å². The van der Waals surface area contributed by atoms with Gasteiger partial charge in [-0.15, -0.1) is 0 Å². The van der Waals surface area contributed by atoms with Gasteiger partial charge in [0.25, 0.3) is 0 Å². The Morgan fingerprint density at radius 1 is 1.23 bits per heavy atom. The van der Waals surface area contributed by atoms with Crippen molar-refractivity contribution in [2.75, 3.05) is 50.7 Å². The van der Waals surface area contributed by atoms with E-state index in [9.17, 15) is 4.79 Å². The zero-order valence-corrected chi connectivity index (χ0v) is 13.0. The maximum atomic E-state index is 12.4. The van der Waals surface area contributed by atoms with Gasteiger partial charge in [-0.3, -0.25) is 9.69 Å². The minimum atomic E-state index is 0.152. The average molecular weight is 303 g/mol. The van der Waals surface area contributed by atoms with Crippen LogP contribution in [0.1, 0.15) is 12.8 Å². The zero-order valence-electron chi connectivity index (χ0n) is 13.0. The summed E-state index contributed by atoms with van der Waals surface area (Å²) in [5, 5.41) is 0. The summed E-state index contributed by atoms with van der Waals surface area (Å²) in [6.07, 6.45) is 3.89. The van der Waals surface area contributed by atoms with Crippen LogP contribution >= 0.6 is 0 Å². The molecule has 0 radical (unpaired) electrons. The number of carbonyl (C=O) groups is 1. The third kappa shape index (κ3) is 3.75. The van der Waals surface area contributed by atoms with Crippen molar-refractivity contribution >= 4 is 11.7 Å². The summed E-state index contributed by atoms with van der Waals surface area (Å²) in [7, 11) is 0. The highest BCUT2D eigenvalue weighted by Crippen LogP contribution is 2.13. The molecule has 0 bridgehead atoms. The molecule has 1 atom stereocenters. The van der Waals surface area contributed by atoms with E-state index < -0.39 is 0 Å². The first-order chi connectivity index (χ1) is 10.7. The molecule has 6 heteroatoms. The molecule has 1 aromatic rings. The molecule has 0 aliphatic carbocycles. The molecule has 1 amide bonds. The van der Waals surface area contributed by atoms with Gasteiger partial charge in [0.15, 0.2) is 0 Å². The molecule has 3 rings (SSSR count). The number of aromatic nitrogens is 1. The van der Waals surface area contributed by atoms with E-state index in [4.69, 9.17) is 5.73 Å². The maximum Gasteiger partial charge on any atom is 0.236 e. The van der Waals surface area contributed by atoms with Crippen molar-refractivity contribution in [2.24, 2.45) is 5.73 Å². The number of anilines is 1. The Kier molecular flexibility index (Phi) is 4.90. The monoisotopic (exact) mass is 303 g/mol. The lowest BCUT2D eigenvalue weighted by Gasteiger charge is -2.37. The van der Waals surface area contributed by atoms with E-state index in [0.29, 0.717) is 13.1 Å². The van der Waals surface area contributed by atoms with E-state index in [-0.39, 0.29) is 11.9 Å². The van der Waals surface area contributed by atoms with Crippen molar-refractivity contribution in [2.45, 2.75) is 18.9 Å². The molecule has 2 aliphatic rings. The van der Waals surface area contributed by atoms with Gasteiger partial charge in [-0.2, -0.15) is 0 Å². The van der Waals surface area contributed by atoms with E-state index in [0.717, 1.165) is 51.4 Å². The van der Waals surface area contributed by atoms with Crippen molar-refractivity contribution in [3.63, 3.8) is 0 Å². The number of piperidine rings is 1. The number of pyridine rings is 1. The lowest BCUT2D eigenvalue weighted by molar-refractivity contribution is -0.133. The van der Waals surface area contributed by atoms with Crippen LogP contribution in [0.15, 0.2) is 24.4 Å². The minimum Gasteiger partial charge on any atom is -0.354 e. The summed E-state index contributed by atoms with van der Waals surface area (Å²) >= 11 is 0. The van der Waals surface area contributed by atoms with Crippen molar-refractivity contribution < 1.29 is 4.79 Å². The summed E-state index contributed by atoms with van der Waals surface area (Å²) in [4.78, 5) is 23.2. The van der Waals surface area contributed by atoms with Crippen LogP contribution in [0.25, 0.3) is 0 Å². The predicted octanol–water partition coefficient (Wildman–Crippen LogP) is 0.153. The summed E-state index contributed by atoms with van der Waals surface area (Å²) in [6.45, 7) is 5.74. The molecule has 3 heterocycles. The normalized spacial score (nSPS) is 23.6. The van der Waals surface area contributed by atoms with Gasteiger partial charge in [-0.25, -0.2) is 4.98 Å². The number of rotatable bonds is 3. The van der Waals surface area contributed by atoms with Gasteiger partial charge in [0, 0.05) is 51.5 Å². The Balaban J connectivity index is 1.46. The van der Waals surface area contributed by atoms with Gasteiger partial charge in [0.1, 0.15) is 5.82 Å².